The Morgan fingerprint density at radius 3 is 2.56 bits per heavy atom. The minimum Gasteiger partial charge on any atom is -0.374 e. The van der Waals surface area contributed by atoms with Crippen LogP contribution in [0.15, 0.2) is 42.5 Å². The van der Waals surface area contributed by atoms with Gasteiger partial charge in [0.2, 0.25) is 0 Å². The Bertz CT molecular complexity index is 809. The number of nitrogens with zero attached hydrogens (tertiary/aromatic N) is 2. The number of nitrogens with one attached hydrogen (secondary N) is 1. The summed E-state index contributed by atoms with van der Waals surface area (Å²) in [5, 5.41) is 3.18. The maximum Gasteiger partial charge on any atom is 0.251 e. The Labute approximate surface area is 162 Å². The van der Waals surface area contributed by atoms with E-state index in [0.29, 0.717) is 6.54 Å². The maximum absolute atomic E-state index is 12.6. The number of hydrogen-bond acceptors (Lipinski definition) is 3. The number of anilines is 1. The first-order valence-corrected chi connectivity index (χ1v) is 10.0. The van der Waals surface area contributed by atoms with E-state index in [9.17, 15) is 4.79 Å². The number of carbonyl (C=O) groups excluding carboxylic acids is 1. The zero-order valence-corrected chi connectivity index (χ0v) is 16.4. The maximum atomic E-state index is 12.6. The average Bonchev–Trinajstić information content (AvgIpc) is 3.33. The van der Waals surface area contributed by atoms with E-state index in [1.807, 2.05) is 31.2 Å². The summed E-state index contributed by atoms with van der Waals surface area (Å²) in [5.41, 5.74) is 6.02. The predicted octanol–water partition coefficient (Wildman–Crippen LogP) is 3.55. The molecule has 1 unspecified atom stereocenters. The van der Waals surface area contributed by atoms with Crippen molar-refractivity contribution in [2.45, 2.75) is 32.2 Å². The quantitative estimate of drug-likeness (QED) is 0.882. The van der Waals surface area contributed by atoms with Gasteiger partial charge in [0.25, 0.3) is 5.91 Å². The van der Waals surface area contributed by atoms with Crippen LogP contribution in [0, 0.1) is 6.92 Å². The van der Waals surface area contributed by atoms with Gasteiger partial charge in [-0.1, -0.05) is 29.8 Å². The Morgan fingerprint density at radius 2 is 1.81 bits per heavy atom. The zero-order chi connectivity index (χ0) is 18.8. The molecule has 2 aliphatic heterocycles. The van der Waals surface area contributed by atoms with Gasteiger partial charge in [0, 0.05) is 31.4 Å². The van der Waals surface area contributed by atoms with Gasteiger partial charge in [-0.15, -0.1) is 0 Å². The standard InChI is InChI=1S/C23H29N3O/c1-17-5-7-18(8-6-17)23(27)24-16-22(26-12-3-4-13-26)19-9-10-21-20(15-19)11-14-25(21)2/h5-10,15,22H,3-4,11-14,16H2,1-2H3,(H,24,27). The average molecular weight is 364 g/mol. The fourth-order valence-electron chi connectivity index (χ4n) is 4.30. The fraction of sp³-hybridized carbons (Fsp3) is 0.435. The zero-order valence-electron chi connectivity index (χ0n) is 16.4. The van der Waals surface area contributed by atoms with Crippen molar-refractivity contribution >= 4 is 11.6 Å². The molecule has 27 heavy (non-hydrogen) atoms. The third kappa shape index (κ3) is 3.86. The first kappa shape index (κ1) is 18.1. The summed E-state index contributed by atoms with van der Waals surface area (Å²) in [4.78, 5) is 17.4. The molecule has 4 nitrogen and oxygen atoms in total. The monoisotopic (exact) mass is 363 g/mol. The molecule has 2 aromatic rings. The van der Waals surface area contributed by atoms with Crippen molar-refractivity contribution < 1.29 is 4.79 Å². The molecule has 0 saturated carbocycles. The van der Waals surface area contributed by atoms with Crippen LogP contribution < -0.4 is 10.2 Å². The van der Waals surface area contributed by atoms with E-state index in [2.05, 4.69) is 40.4 Å². The molecule has 2 heterocycles. The third-order valence-electron chi connectivity index (χ3n) is 5.97. The van der Waals surface area contributed by atoms with E-state index >= 15 is 0 Å². The highest BCUT2D eigenvalue weighted by molar-refractivity contribution is 5.94. The Kier molecular flexibility index (Phi) is 5.17. The summed E-state index contributed by atoms with van der Waals surface area (Å²) >= 11 is 0. The molecule has 0 aliphatic carbocycles. The Hall–Kier alpha value is -2.33. The summed E-state index contributed by atoms with van der Waals surface area (Å²) in [7, 11) is 2.16. The van der Waals surface area contributed by atoms with Crippen LogP contribution in [0.1, 0.15) is 45.9 Å². The van der Waals surface area contributed by atoms with Crippen molar-refractivity contribution in [1.29, 1.82) is 0 Å². The van der Waals surface area contributed by atoms with Gasteiger partial charge in [-0.25, -0.2) is 0 Å². The lowest BCUT2D eigenvalue weighted by atomic mass is 10.0. The molecule has 0 spiro atoms. The molecule has 2 aromatic carbocycles. The lowest BCUT2D eigenvalue weighted by molar-refractivity contribution is 0.0938. The number of likely N-dealkylation sites (N-methyl/N-ethyl adjacent to an activating group) is 1. The first-order valence-electron chi connectivity index (χ1n) is 10.0. The molecule has 142 valence electrons. The lowest BCUT2D eigenvalue weighted by Gasteiger charge is -2.29. The molecular formula is C23H29N3O. The first-order chi connectivity index (χ1) is 13.1. The Balaban J connectivity index is 1.51. The number of aryl methyl sites for hydroxylation is 1. The van der Waals surface area contributed by atoms with Crippen LogP contribution in [-0.4, -0.2) is 44.0 Å². The van der Waals surface area contributed by atoms with Crippen molar-refractivity contribution in [2.75, 3.05) is 38.1 Å². The molecule has 1 amide bonds. The number of fused-ring (bicyclic) bond motifs is 1. The van der Waals surface area contributed by atoms with E-state index in [4.69, 9.17) is 0 Å². The number of likely N-dealkylation sites (tertiary alicyclic amines) is 1. The van der Waals surface area contributed by atoms with E-state index < -0.39 is 0 Å². The molecule has 0 radical (unpaired) electrons. The van der Waals surface area contributed by atoms with Gasteiger partial charge in [0.15, 0.2) is 0 Å². The summed E-state index contributed by atoms with van der Waals surface area (Å²) in [6.45, 7) is 6.01. The van der Waals surface area contributed by atoms with Crippen molar-refractivity contribution in [3.8, 4) is 0 Å². The molecule has 0 aromatic heterocycles. The van der Waals surface area contributed by atoms with Crippen molar-refractivity contribution in [2.24, 2.45) is 0 Å². The lowest BCUT2D eigenvalue weighted by Crippen LogP contribution is -2.36. The van der Waals surface area contributed by atoms with E-state index in [1.165, 1.54) is 35.2 Å². The highest BCUT2D eigenvalue weighted by Crippen LogP contribution is 2.32. The predicted molar refractivity (Wildman–Crippen MR) is 110 cm³/mol. The van der Waals surface area contributed by atoms with Crippen molar-refractivity contribution in [3.63, 3.8) is 0 Å². The normalized spacial score (nSPS) is 17.8. The van der Waals surface area contributed by atoms with Crippen LogP contribution in [0.3, 0.4) is 0 Å². The molecule has 1 N–H and O–H groups in total. The van der Waals surface area contributed by atoms with Gasteiger partial charge in [-0.05, 0) is 68.6 Å². The largest absolute Gasteiger partial charge is 0.374 e. The Morgan fingerprint density at radius 1 is 1.07 bits per heavy atom. The van der Waals surface area contributed by atoms with Crippen LogP contribution >= 0.6 is 0 Å². The van der Waals surface area contributed by atoms with Crippen LogP contribution in [0.2, 0.25) is 0 Å². The van der Waals surface area contributed by atoms with Crippen molar-refractivity contribution in [1.82, 2.24) is 10.2 Å². The summed E-state index contributed by atoms with van der Waals surface area (Å²) in [6, 6.07) is 14.9. The third-order valence-corrected chi connectivity index (χ3v) is 5.97. The van der Waals surface area contributed by atoms with Crippen LogP contribution in [0.25, 0.3) is 0 Å². The van der Waals surface area contributed by atoms with Crippen LogP contribution in [0.4, 0.5) is 5.69 Å². The molecule has 1 atom stereocenters. The second-order valence-corrected chi connectivity index (χ2v) is 7.89. The van der Waals surface area contributed by atoms with Crippen molar-refractivity contribution in [3.05, 3.63) is 64.7 Å². The number of benzene rings is 2. The van der Waals surface area contributed by atoms with Gasteiger partial charge in [-0.3, -0.25) is 9.69 Å². The van der Waals surface area contributed by atoms with E-state index in [-0.39, 0.29) is 11.9 Å². The number of carbonyl (C=O) groups is 1. The fourth-order valence-corrected chi connectivity index (χ4v) is 4.30. The van der Waals surface area contributed by atoms with Crippen LogP contribution in [-0.2, 0) is 6.42 Å². The SMILES string of the molecule is Cc1ccc(C(=O)NCC(c2ccc3c(c2)CCN3C)N2CCCC2)cc1. The molecule has 1 fully saturated rings. The highest BCUT2D eigenvalue weighted by atomic mass is 16.1. The molecule has 1 saturated heterocycles. The molecular weight excluding hydrogens is 334 g/mol. The topological polar surface area (TPSA) is 35.6 Å². The minimum absolute atomic E-state index is 0.0140. The van der Waals surface area contributed by atoms with Gasteiger partial charge in [-0.2, -0.15) is 0 Å². The van der Waals surface area contributed by atoms with Gasteiger partial charge in [0.1, 0.15) is 0 Å². The molecule has 2 aliphatic rings. The van der Waals surface area contributed by atoms with Gasteiger partial charge >= 0.3 is 0 Å². The van der Waals surface area contributed by atoms with Gasteiger partial charge < -0.3 is 10.2 Å². The highest BCUT2D eigenvalue weighted by Gasteiger charge is 2.26. The number of rotatable bonds is 5. The molecule has 4 rings (SSSR count). The summed E-state index contributed by atoms with van der Waals surface area (Å²) in [5.74, 6) is 0.0140. The number of amides is 1. The molecule has 4 heteroatoms. The van der Waals surface area contributed by atoms with E-state index in [0.717, 1.165) is 31.6 Å². The minimum atomic E-state index is 0.0140. The summed E-state index contributed by atoms with van der Waals surface area (Å²) < 4.78 is 0. The van der Waals surface area contributed by atoms with Gasteiger partial charge in [0.05, 0.1) is 6.04 Å². The van der Waals surface area contributed by atoms with E-state index in [1.54, 1.807) is 0 Å². The molecule has 0 bridgehead atoms. The smallest absolute Gasteiger partial charge is 0.251 e. The summed E-state index contributed by atoms with van der Waals surface area (Å²) in [6.07, 6.45) is 3.61. The second kappa shape index (κ2) is 7.73. The second-order valence-electron chi connectivity index (χ2n) is 7.89. The van der Waals surface area contributed by atoms with Crippen LogP contribution in [0.5, 0.6) is 0 Å². The number of hydrogen-bond donors (Lipinski definition) is 1.